The zero-order valence-electron chi connectivity index (χ0n) is 11.2. The Kier molecular flexibility index (Phi) is 5.68. The van der Waals surface area contributed by atoms with Crippen LogP contribution in [0.3, 0.4) is 0 Å². The molecule has 0 saturated heterocycles. The minimum absolute atomic E-state index is 0.0218. The average Bonchev–Trinajstić information content (AvgIpc) is 2.51. The Hall–Kier alpha value is -1.73. The summed E-state index contributed by atoms with van der Waals surface area (Å²) in [6, 6.07) is 9.47. The van der Waals surface area contributed by atoms with Gasteiger partial charge in [0.15, 0.2) is 0 Å². The molecule has 7 heteroatoms. The summed E-state index contributed by atoms with van der Waals surface area (Å²) in [6.07, 6.45) is 1.33. The van der Waals surface area contributed by atoms with Crippen LogP contribution in [0.1, 0.15) is 21.5 Å². The van der Waals surface area contributed by atoms with Crippen molar-refractivity contribution >= 4 is 44.0 Å². The maximum Gasteiger partial charge on any atom is 0.271 e. The third-order valence-corrected chi connectivity index (χ3v) is 3.86. The number of nitrogens with zero attached hydrogens (tertiary/aromatic N) is 1. The second-order valence-corrected chi connectivity index (χ2v) is 6.13. The van der Waals surface area contributed by atoms with Gasteiger partial charge < -0.3 is 5.11 Å². The highest BCUT2D eigenvalue weighted by Crippen LogP contribution is 2.30. The first-order valence-electron chi connectivity index (χ1n) is 6.17. The van der Waals surface area contributed by atoms with Gasteiger partial charge in [-0.05, 0) is 45.8 Å². The quantitative estimate of drug-likeness (QED) is 0.566. The molecular formula is C15H11Br2FN2O2. The van der Waals surface area contributed by atoms with E-state index in [9.17, 15) is 14.3 Å². The summed E-state index contributed by atoms with van der Waals surface area (Å²) >= 11 is 6.51. The van der Waals surface area contributed by atoms with Crippen LogP contribution in [0.4, 0.5) is 4.39 Å². The molecule has 22 heavy (non-hydrogen) atoms. The largest absolute Gasteiger partial charge is 0.506 e. The highest BCUT2D eigenvalue weighted by molar-refractivity contribution is 9.11. The van der Waals surface area contributed by atoms with Gasteiger partial charge >= 0.3 is 0 Å². The first kappa shape index (κ1) is 16.6. The predicted octanol–water partition coefficient (Wildman–Crippen LogP) is 4.15. The third kappa shape index (κ3) is 4.14. The van der Waals surface area contributed by atoms with Gasteiger partial charge in [-0.15, -0.1) is 0 Å². The molecule has 0 bridgehead atoms. The highest BCUT2D eigenvalue weighted by atomic mass is 79.9. The minimum Gasteiger partial charge on any atom is -0.506 e. The van der Waals surface area contributed by atoms with Gasteiger partial charge in [-0.1, -0.05) is 28.1 Å². The summed E-state index contributed by atoms with van der Waals surface area (Å²) in [7, 11) is 0. The van der Waals surface area contributed by atoms with Gasteiger partial charge in [0.2, 0.25) is 0 Å². The number of hydrogen-bond donors (Lipinski definition) is 2. The van der Waals surface area contributed by atoms with Crippen LogP contribution >= 0.6 is 31.9 Å². The first-order valence-corrected chi connectivity index (χ1v) is 7.76. The van der Waals surface area contributed by atoms with Crippen LogP contribution in [-0.2, 0) is 6.67 Å². The van der Waals surface area contributed by atoms with Crippen molar-refractivity contribution in [3.63, 3.8) is 0 Å². The first-order chi connectivity index (χ1) is 10.5. The molecule has 0 aliphatic heterocycles. The molecule has 2 rings (SSSR count). The maximum atomic E-state index is 12.4. The van der Waals surface area contributed by atoms with E-state index >= 15 is 0 Å². The number of phenolic OH excluding ortho intramolecular Hbond substituents is 1. The Morgan fingerprint density at radius 2 is 1.95 bits per heavy atom. The van der Waals surface area contributed by atoms with Crippen molar-refractivity contribution in [2.45, 2.75) is 6.67 Å². The Balaban J connectivity index is 2.07. The second kappa shape index (κ2) is 7.51. The Morgan fingerprint density at radius 1 is 1.27 bits per heavy atom. The van der Waals surface area contributed by atoms with Crippen LogP contribution in [0.25, 0.3) is 0 Å². The second-order valence-electron chi connectivity index (χ2n) is 4.36. The van der Waals surface area contributed by atoms with Gasteiger partial charge in [-0.25, -0.2) is 9.82 Å². The summed E-state index contributed by atoms with van der Waals surface area (Å²) < 4.78 is 13.7. The number of carbonyl (C=O) groups is 1. The van der Waals surface area contributed by atoms with E-state index in [1.807, 2.05) is 0 Å². The van der Waals surface area contributed by atoms with E-state index in [-0.39, 0.29) is 5.75 Å². The maximum absolute atomic E-state index is 12.4. The number of benzene rings is 2. The fourth-order valence-electron chi connectivity index (χ4n) is 1.65. The number of aromatic hydroxyl groups is 1. The van der Waals surface area contributed by atoms with E-state index in [0.29, 0.717) is 21.2 Å². The van der Waals surface area contributed by atoms with Crippen LogP contribution < -0.4 is 5.43 Å². The number of rotatable bonds is 4. The molecule has 0 spiro atoms. The number of amides is 1. The Bertz CT molecular complexity index is 718. The van der Waals surface area contributed by atoms with Gasteiger partial charge in [0.05, 0.1) is 10.7 Å². The van der Waals surface area contributed by atoms with Crippen molar-refractivity contribution in [2.75, 3.05) is 0 Å². The summed E-state index contributed by atoms with van der Waals surface area (Å²) in [5.74, 6) is -0.399. The normalized spacial score (nSPS) is 10.9. The molecule has 2 aromatic carbocycles. The lowest BCUT2D eigenvalue weighted by Gasteiger charge is -2.03. The molecule has 4 nitrogen and oxygen atoms in total. The van der Waals surface area contributed by atoms with Crippen LogP contribution in [0, 0.1) is 0 Å². The van der Waals surface area contributed by atoms with Gasteiger partial charge in [0.1, 0.15) is 12.4 Å². The van der Waals surface area contributed by atoms with E-state index in [1.165, 1.54) is 30.5 Å². The lowest BCUT2D eigenvalue weighted by Crippen LogP contribution is -2.17. The molecule has 0 radical (unpaired) electrons. The lowest BCUT2D eigenvalue weighted by molar-refractivity contribution is 0.0955. The van der Waals surface area contributed by atoms with Gasteiger partial charge in [0.25, 0.3) is 5.91 Å². The number of carbonyl (C=O) groups excluding carboxylic acids is 1. The zero-order chi connectivity index (χ0) is 16.1. The number of hydrogen-bond acceptors (Lipinski definition) is 3. The monoisotopic (exact) mass is 428 g/mol. The average molecular weight is 430 g/mol. The van der Waals surface area contributed by atoms with Crippen LogP contribution in [-0.4, -0.2) is 17.2 Å². The molecule has 0 aliphatic rings. The van der Waals surface area contributed by atoms with Gasteiger partial charge in [-0.3, -0.25) is 4.79 Å². The summed E-state index contributed by atoms with van der Waals surface area (Å²) in [4.78, 5) is 11.9. The summed E-state index contributed by atoms with van der Waals surface area (Å²) in [5.41, 5.74) is 3.66. The van der Waals surface area contributed by atoms with Gasteiger partial charge in [0, 0.05) is 15.6 Å². The molecule has 0 fully saturated rings. The SMILES string of the molecule is O=C(N/N=C/c1cc(Br)cc(Br)c1O)c1ccc(CF)cc1. The van der Waals surface area contributed by atoms with E-state index in [1.54, 1.807) is 12.1 Å². The van der Waals surface area contributed by atoms with Crippen molar-refractivity contribution in [2.24, 2.45) is 5.10 Å². The molecule has 0 saturated carbocycles. The van der Waals surface area contributed by atoms with E-state index in [2.05, 4.69) is 42.4 Å². The molecule has 0 heterocycles. The topological polar surface area (TPSA) is 61.7 Å². The molecule has 0 unspecified atom stereocenters. The van der Waals surface area contributed by atoms with Gasteiger partial charge in [-0.2, -0.15) is 5.10 Å². The molecule has 0 aliphatic carbocycles. The molecule has 2 N–H and O–H groups in total. The molecular weight excluding hydrogens is 419 g/mol. The van der Waals surface area contributed by atoms with Crippen molar-refractivity contribution in [1.82, 2.24) is 5.43 Å². The fourth-order valence-corrected chi connectivity index (χ4v) is 2.91. The lowest BCUT2D eigenvalue weighted by atomic mass is 10.1. The van der Waals surface area contributed by atoms with Crippen molar-refractivity contribution < 1.29 is 14.3 Å². The predicted molar refractivity (Wildman–Crippen MR) is 89.8 cm³/mol. The van der Waals surface area contributed by atoms with Crippen LogP contribution in [0.5, 0.6) is 5.75 Å². The minimum atomic E-state index is -0.572. The van der Waals surface area contributed by atoms with Crippen molar-refractivity contribution in [1.29, 1.82) is 0 Å². The molecule has 1 amide bonds. The molecule has 0 aromatic heterocycles. The van der Waals surface area contributed by atoms with Crippen molar-refractivity contribution in [3.8, 4) is 5.75 Å². The van der Waals surface area contributed by atoms with Crippen molar-refractivity contribution in [3.05, 3.63) is 62.0 Å². The Morgan fingerprint density at radius 3 is 2.59 bits per heavy atom. The molecule has 0 atom stereocenters. The van der Waals surface area contributed by atoms with Crippen LogP contribution in [0.2, 0.25) is 0 Å². The van der Waals surface area contributed by atoms with E-state index < -0.39 is 12.6 Å². The summed E-state index contributed by atoms with van der Waals surface area (Å²) in [6.45, 7) is -0.572. The van der Waals surface area contributed by atoms with Crippen LogP contribution in [0.15, 0.2) is 50.4 Å². The Labute approximate surface area is 143 Å². The number of phenols is 1. The standard InChI is InChI=1S/C15H11Br2FN2O2/c16-12-5-11(14(21)13(17)6-12)8-19-20-15(22)10-3-1-9(7-18)2-4-10/h1-6,8,21H,7H2,(H,20,22)/b19-8+. The third-order valence-electron chi connectivity index (χ3n) is 2.80. The number of hydrazone groups is 1. The number of nitrogens with one attached hydrogen (secondary N) is 1. The molecule has 2 aromatic rings. The summed E-state index contributed by atoms with van der Waals surface area (Å²) in [5, 5.41) is 13.7. The number of alkyl halides is 1. The molecule has 114 valence electrons. The fraction of sp³-hybridized carbons (Fsp3) is 0.0667. The zero-order valence-corrected chi connectivity index (χ0v) is 14.4. The smallest absolute Gasteiger partial charge is 0.271 e. The number of halogens is 3. The van der Waals surface area contributed by atoms with E-state index in [0.717, 1.165) is 4.47 Å². The highest BCUT2D eigenvalue weighted by Gasteiger charge is 2.06. The van der Waals surface area contributed by atoms with E-state index in [4.69, 9.17) is 0 Å².